The van der Waals surface area contributed by atoms with Crippen molar-refractivity contribution in [3.63, 3.8) is 0 Å². The van der Waals surface area contributed by atoms with Gasteiger partial charge in [0.15, 0.2) is 0 Å². The topological polar surface area (TPSA) is 28.2 Å². The largest absolute Gasteiger partial charge is 0.352 e. The minimum atomic E-state index is 0.584. The van der Waals surface area contributed by atoms with Gasteiger partial charge in [-0.3, -0.25) is 0 Å². The normalized spacial score (nSPS) is 31.9. The molecule has 2 aliphatic rings. The summed E-state index contributed by atoms with van der Waals surface area (Å²) in [5, 5.41) is 3.49. The summed E-state index contributed by atoms with van der Waals surface area (Å²) in [4.78, 5) is 7.02. The molecule has 3 rings (SSSR count). The van der Waals surface area contributed by atoms with Crippen molar-refractivity contribution >= 4 is 21.7 Å². The van der Waals surface area contributed by atoms with Crippen LogP contribution in [0.5, 0.6) is 0 Å². The zero-order valence-corrected chi connectivity index (χ0v) is 11.9. The first-order chi connectivity index (χ1) is 8.18. The number of hydrogen-bond acceptors (Lipinski definition) is 3. The van der Waals surface area contributed by atoms with E-state index in [0.29, 0.717) is 6.04 Å². The van der Waals surface area contributed by atoms with Crippen LogP contribution in [0.4, 0.5) is 5.82 Å². The molecule has 3 nitrogen and oxygen atoms in total. The molecule has 3 unspecified atom stereocenters. The Morgan fingerprint density at radius 1 is 1.47 bits per heavy atom. The van der Waals surface area contributed by atoms with Gasteiger partial charge in [-0.25, -0.2) is 4.98 Å². The number of rotatable bonds is 1. The van der Waals surface area contributed by atoms with Gasteiger partial charge in [-0.1, -0.05) is 0 Å². The van der Waals surface area contributed by atoms with Crippen LogP contribution in [0.2, 0.25) is 0 Å². The number of nitrogens with one attached hydrogen (secondary N) is 1. The molecule has 92 valence electrons. The smallest absolute Gasteiger partial charge is 0.143 e. The first-order valence-corrected chi connectivity index (χ1v) is 7.06. The Bertz CT molecular complexity index is 435. The first kappa shape index (κ1) is 11.5. The lowest BCUT2D eigenvalue weighted by molar-refractivity contribution is 0.471. The Morgan fingerprint density at radius 2 is 2.29 bits per heavy atom. The van der Waals surface area contributed by atoms with Crippen LogP contribution in [-0.4, -0.2) is 30.7 Å². The molecular weight excluding hydrogens is 278 g/mol. The summed E-state index contributed by atoms with van der Waals surface area (Å²) in [5.74, 6) is 2.69. The Labute approximate surface area is 111 Å². The third-order valence-corrected chi connectivity index (χ3v) is 5.25. The van der Waals surface area contributed by atoms with Crippen LogP contribution in [0.25, 0.3) is 0 Å². The molecular formula is C13H18BrN3. The molecule has 17 heavy (non-hydrogen) atoms. The van der Waals surface area contributed by atoms with Crippen molar-refractivity contribution in [2.45, 2.75) is 19.9 Å². The van der Waals surface area contributed by atoms with Crippen LogP contribution in [0.3, 0.4) is 0 Å². The van der Waals surface area contributed by atoms with E-state index in [1.807, 2.05) is 6.20 Å². The molecule has 1 aromatic rings. The number of nitrogens with zero attached hydrogens (tertiary/aromatic N) is 2. The highest BCUT2D eigenvalue weighted by atomic mass is 79.9. The minimum Gasteiger partial charge on any atom is -0.352 e. The van der Waals surface area contributed by atoms with Crippen molar-refractivity contribution in [2.75, 3.05) is 24.5 Å². The second kappa shape index (κ2) is 4.25. The molecule has 2 saturated heterocycles. The average Bonchev–Trinajstić information content (AvgIpc) is 2.87. The molecule has 2 aliphatic heterocycles. The predicted molar refractivity (Wildman–Crippen MR) is 73.3 cm³/mol. The van der Waals surface area contributed by atoms with Crippen LogP contribution in [0.1, 0.15) is 12.5 Å². The molecule has 0 saturated carbocycles. The van der Waals surface area contributed by atoms with Crippen LogP contribution >= 0.6 is 15.9 Å². The van der Waals surface area contributed by atoms with Gasteiger partial charge in [-0.15, -0.1) is 0 Å². The van der Waals surface area contributed by atoms with E-state index in [2.05, 4.69) is 51.0 Å². The number of aryl methyl sites for hydroxylation is 1. The van der Waals surface area contributed by atoms with Gasteiger partial charge in [0.2, 0.25) is 0 Å². The maximum absolute atomic E-state index is 4.56. The average molecular weight is 296 g/mol. The SMILES string of the molecule is Cc1ccnc(N2CC3CNCC3C2C)c1Br. The van der Waals surface area contributed by atoms with E-state index in [1.54, 1.807) is 0 Å². The predicted octanol–water partition coefficient (Wildman–Crippen LogP) is 2.20. The van der Waals surface area contributed by atoms with Crippen molar-refractivity contribution in [2.24, 2.45) is 11.8 Å². The Morgan fingerprint density at radius 3 is 3.06 bits per heavy atom. The summed E-state index contributed by atoms with van der Waals surface area (Å²) < 4.78 is 1.15. The fourth-order valence-electron chi connectivity index (χ4n) is 3.17. The second-order valence-corrected chi connectivity index (χ2v) is 6.03. The van der Waals surface area contributed by atoms with Gasteiger partial charge in [0.1, 0.15) is 5.82 Å². The molecule has 0 spiro atoms. The standard InChI is InChI=1S/C13H18BrN3/c1-8-3-4-16-13(12(8)14)17-7-10-5-15-6-11(10)9(17)2/h3-4,9-11,15H,5-7H2,1-2H3. The lowest BCUT2D eigenvalue weighted by Gasteiger charge is -2.26. The fourth-order valence-corrected chi connectivity index (χ4v) is 3.64. The summed E-state index contributed by atoms with van der Waals surface area (Å²) in [6.45, 7) is 7.90. The van der Waals surface area contributed by atoms with Gasteiger partial charge in [0.05, 0.1) is 4.47 Å². The summed E-state index contributed by atoms with van der Waals surface area (Å²) >= 11 is 3.68. The molecule has 0 radical (unpaired) electrons. The molecule has 2 fully saturated rings. The van der Waals surface area contributed by atoms with E-state index in [9.17, 15) is 0 Å². The van der Waals surface area contributed by atoms with E-state index in [4.69, 9.17) is 0 Å². The number of anilines is 1. The zero-order valence-electron chi connectivity index (χ0n) is 10.3. The lowest BCUT2D eigenvalue weighted by Crippen LogP contribution is -2.34. The van der Waals surface area contributed by atoms with Crippen LogP contribution in [0, 0.1) is 18.8 Å². The number of hydrogen-bond donors (Lipinski definition) is 1. The number of fused-ring (bicyclic) bond motifs is 1. The van der Waals surface area contributed by atoms with Gasteiger partial charge in [0.25, 0.3) is 0 Å². The molecule has 0 bridgehead atoms. The van der Waals surface area contributed by atoms with Crippen molar-refractivity contribution in [3.8, 4) is 0 Å². The van der Waals surface area contributed by atoms with Gasteiger partial charge in [0, 0.05) is 31.9 Å². The molecule has 0 aromatic carbocycles. The van der Waals surface area contributed by atoms with Crippen LogP contribution in [-0.2, 0) is 0 Å². The van der Waals surface area contributed by atoms with Gasteiger partial charge in [-0.05, 0) is 53.2 Å². The van der Waals surface area contributed by atoms with E-state index in [-0.39, 0.29) is 0 Å². The molecule has 1 N–H and O–H groups in total. The highest BCUT2D eigenvalue weighted by Gasteiger charge is 2.42. The van der Waals surface area contributed by atoms with Crippen molar-refractivity contribution in [3.05, 3.63) is 22.3 Å². The van der Waals surface area contributed by atoms with Crippen molar-refractivity contribution in [1.29, 1.82) is 0 Å². The van der Waals surface area contributed by atoms with Gasteiger partial charge in [-0.2, -0.15) is 0 Å². The second-order valence-electron chi connectivity index (χ2n) is 5.24. The molecule has 0 amide bonds. The van der Waals surface area contributed by atoms with E-state index >= 15 is 0 Å². The first-order valence-electron chi connectivity index (χ1n) is 6.27. The monoisotopic (exact) mass is 295 g/mol. The third kappa shape index (κ3) is 1.78. The van der Waals surface area contributed by atoms with Crippen LogP contribution < -0.4 is 10.2 Å². The van der Waals surface area contributed by atoms with E-state index < -0.39 is 0 Å². The molecule has 4 heteroatoms. The van der Waals surface area contributed by atoms with Gasteiger partial charge < -0.3 is 10.2 Å². The summed E-state index contributed by atoms with van der Waals surface area (Å²) in [6.07, 6.45) is 1.91. The molecule has 3 atom stereocenters. The molecule has 0 aliphatic carbocycles. The lowest BCUT2D eigenvalue weighted by atomic mass is 9.95. The summed E-state index contributed by atoms with van der Waals surface area (Å²) in [7, 11) is 0. The molecule has 1 aromatic heterocycles. The Hall–Kier alpha value is -0.610. The maximum atomic E-state index is 4.56. The number of aromatic nitrogens is 1. The van der Waals surface area contributed by atoms with E-state index in [1.165, 1.54) is 5.56 Å². The highest BCUT2D eigenvalue weighted by molar-refractivity contribution is 9.10. The third-order valence-electron chi connectivity index (χ3n) is 4.27. The number of pyridine rings is 1. The Kier molecular flexibility index (Phi) is 2.87. The van der Waals surface area contributed by atoms with Gasteiger partial charge >= 0.3 is 0 Å². The minimum absolute atomic E-state index is 0.584. The maximum Gasteiger partial charge on any atom is 0.143 e. The Balaban J connectivity index is 1.93. The van der Waals surface area contributed by atoms with Crippen molar-refractivity contribution in [1.82, 2.24) is 10.3 Å². The van der Waals surface area contributed by atoms with Crippen LogP contribution in [0.15, 0.2) is 16.7 Å². The highest BCUT2D eigenvalue weighted by Crippen LogP contribution is 2.38. The van der Waals surface area contributed by atoms with E-state index in [0.717, 1.165) is 41.8 Å². The zero-order chi connectivity index (χ0) is 12.0. The summed E-state index contributed by atoms with van der Waals surface area (Å²) in [5.41, 5.74) is 1.26. The number of halogens is 1. The van der Waals surface area contributed by atoms with Crippen molar-refractivity contribution < 1.29 is 0 Å². The summed E-state index contributed by atoms with van der Waals surface area (Å²) in [6, 6.07) is 2.64. The quantitative estimate of drug-likeness (QED) is 0.861. The molecule has 3 heterocycles. The fraction of sp³-hybridized carbons (Fsp3) is 0.615.